The summed E-state index contributed by atoms with van der Waals surface area (Å²) in [6.07, 6.45) is 0.921. The number of thiophene rings is 1. The van der Waals surface area contributed by atoms with Crippen LogP contribution in [0.4, 0.5) is 0 Å². The van der Waals surface area contributed by atoms with Crippen LogP contribution in [0.25, 0.3) is 10.2 Å². The second kappa shape index (κ2) is 6.77. The standard InChI is InChI=1S/C18H19ClN2OS/c1-3-8-20-18(22)16-10-17-15(9-12(2)23-17)21(16)11-13-6-4-5-7-14(13)19/h4-7,9-10H,3,8,11H2,1-2H3,(H,20,22). The van der Waals surface area contributed by atoms with Crippen molar-refractivity contribution in [1.82, 2.24) is 9.88 Å². The molecule has 3 aromatic rings. The fourth-order valence-corrected chi connectivity index (χ4v) is 3.81. The number of hydrogen-bond donors (Lipinski definition) is 1. The minimum atomic E-state index is -0.0278. The Morgan fingerprint density at radius 3 is 2.83 bits per heavy atom. The van der Waals surface area contributed by atoms with Crippen molar-refractivity contribution in [3.8, 4) is 0 Å². The summed E-state index contributed by atoms with van der Waals surface area (Å²) in [5, 5.41) is 3.69. The van der Waals surface area contributed by atoms with Crippen LogP contribution in [0.5, 0.6) is 0 Å². The molecule has 1 N–H and O–H groups in total. The van der Waals surface area contributed by atoms with Crippen molar-refractivity contribution in [3.63, 3.8) is 0 Å². The summed E-state index contributed by atoms with van der Waals surface area (Å²) in [4.78, 5) is 13.7. The molecular formula is C18H19ClN2OS. The SMILES string of the molecule is CCCNC(=O)c1cc2sc(C)cc2n1Cc1ccccc1Cl. The second-order valence-corrected chi connectivity index (χ2v) is 7.26. The number of aromatic nitrogens is 1. The molecule has 1 amide bonds. The Morgan fingerprint density at radius 1 is 1.30 bits per heavy atom. The Kier molecular flexibility index (Phi) is 4.74. The molecule has 3 nitrogen and oxygen atoms in total. The molecule has 0 radical (unpaired) electrons. The van der Waals surface area contributed by atoms with Crippen LogP contribution in [-0.4, -0.2) is 17.0 Å². The Balaban J connectivity index is 2.04. The van der Waals surface area contributed by atoms with Gasteiger partial charge in [0.05, 0.1) is 10.2 Å². The van der Waals surface area contributed by atoms with Gasteiger partial charge in [-0.1, -0.05) is 36.7 Å². The van der Waals surface area contributed by atoms with Gasteiger partial charge in [-0.3, -0.25) is 4.79 Å². The fraction of sp³-hybridized carbons (Fsp3) is 0.278. The van der Waals surface area contributed by atoms with Crippen molar-refractivity contribution in [3.05, 3.63) is 57.6 Å². The molecule has 0 aliphatic carbocycles. The van der Waals surface area contributed by atoms with E-state index in [9.17, 15) is 4.79 Å². The van der Waals surface area contributed by atoms with Gasteiger partial charge in [-0.05, 0) is 37.1 Å². The molecule has 0 atom stereocenters. The number of benzene rings is 1. The molecule has 0 saturated heterocycles. The van der Waals surface area contributed by atoms with Crippen LogP contribution < -0.4 is 5.32 Å². The highest BCUT2D eigenvalue weighted by Crippen LogP contribution is 2.30. The van der Waals surface area contributed by atoms with Crippen molar-refractivity contribution in [2.45, 2.75) is 26.8 Å². The van der Waals surface area contributed by atoms with Crippen molar-refractivity contribution >= 4 is 39.1 Å². The summed E-state index contributed by atoms with van der Waals surface area (Å²) in [6.45, 7) is 5.41. The zero-order valence-corrected chi connectivity index (χ0v) is 14.8. The maximum absolute atomic E-state index is 12.5. The van der Waals surface area contributed by atoms with Crippen LogP contribution in [0.15, 0.2) is 36.4 Å². The third-order valence-electron chi connectivity index (χ3n) is 3.77. The third-order valence-corrected chi connectivity index (χ3v) is 5.12. The van der Waals surface area contributed by atoms with Gasteiger partial charge in [0.2, 0.25) is 0 Å². The number of fused-ring (bicyclic) bond motifs is 1. The van der Waals surface area contributed by atoms with Gasteiger partial charge in [0.15, 0.2) is 0 Å². The lowest BCUT2D eigenvalue weighted by atomic mass is 10.2. The van der Waals surface area contributed by atoms with Gasteiger partial charge in [0, 0.05) is 23.0 Å². The average Bonchev–Trinajstić information content (AvgIpc) is 3.04. The van der Waals surface area contributed by atoms with Gasteiger partial charge < -0.3 is 9.88 Å². The largest absolute Gasteiger partial charge is 0.351 e. The molecule has 0 saturated carbocycles. The van der Waals surface area contributed by atoms with Gasteiger partial charge in [-0.25, -0.2) is 0 Å². The summed E-state index contributed by atoms with van der Waals surface area (Å²) >= 11 is 8.01. The number of hydrogen-bond acceptors (Lipinski definition) is 2. The zero-order chi connectivity index (χ0) is 16.4. The van der Waals surface area contributed by atoms with Crippen LogP contribution in [0, 0.1) is 6.92 Å². The Morgan fingerprint density at radius 2 is 2.09 bits per heavy atom. The van der Waals surface area contributed by atoms with Gasteiger partial charge >= 0.3 is 0 Å². The van der Waals surface area contributed by atoms with E-state index in [4.69, 9.17) is 11.6 Å². The molecular weight excluding hydrogens is 328 g/mol. The van der Waals surface area contributed by atoms with Gasteiger partial charge in [-0.15, -0.1) is 11.3 Å². The first-order valence-corrected chi connectivity index (χ1v) is 8.91. The first-order chi connectivity index (χ1) is 11.1. The molecule has 3 rings (SSSR count). The van der Waals surface area contributed by atoms with Gasteiger partial charge in [0.25, 0.3) is 5.91 Å². The number of rotatable bonds is 5. The van der Waals surface area contributed by atoms with Crippen LogP contribution in [-0.2, 0) is 6.54 Å². The Labute approximate surface area is 144 Å². The van der Waals surface area contributed by atoms with E-state index in [-0.39, 0.29) is 5.91 Å². The topological polar surface area (TPSA) is 34.0 Å². The molecule has 2 heterocycles. The zero-order valence-electron chi connectivity index (χ0n) is 13.2. The number of amides is 1. The summed E-state index contributed by atoms with van der Waals surface area (Å²) in [5.74, 6) is -0.0278. The molecule has 0 aliphatic heterocycles. The van der Waals surface area contributed by atoms with Crippen molar-refractivity contribution in [2.75, 3.05) is 6.54 Å². The predicted octanol–water partition coefficient (Wildman–Crippen LogP) is 4.85. The quantitative estimate of drug-likeness (QED) is 0.703. The maximum atomic E-state index is 12.5. The minimum absolute atomic E-state index is 0.0278. The molecule has 0 spiro atoms. The smallest absolute Gasteiger partial charge is 0.267 e. The molecule has 0 unspecified atom stereocenters. The van der Waals surface area contributed by atoms with Gasteiger partial charge in [-0.2, -0.15) is 0 Å². The lowest BCUT2D eigenvalue weighted by molar-refractivity contribution is 0.0945. The summed E-state index contributed by atoms with van der Waals surface area (Å²) in [7, 11) is 0. The van der Waals surface area contributed by atoms with Crippen molar-refractivity contribution in [2.24, 2.45) is 0 Å². The summed E-state index contributed by atoms with van der Waals surface area (Å²) in [5.41, 5.74) is 2.80. The molecule has 120 valence electrons. The molecule has 2 aromatic heterocycles. The number of carbonyl (C=O) groups excluding carboxylic acids is 1. The Bertz CT molecular complexity index is 850. The maximum Gasteiger partial charge on any atom is 0.267 e. The third kappa shape index (κ3) is 3.28. The van der Waals surface area contributed by atoms with Crippen molar-refractivity contribution < 1.29 is 4.79 Å². The lowest BCUT2D eigenvalue weighted by Gasteiger charge is -2.11. The van der Waals surface area contributed by atoms with E-state index in [1.807, 2.05) is 37.3 Å². The predicted molar refractivity (Wildman–Crippen MR) is 97.7 cm³/mol. The van der Waals surface area contributed by atoms with Crippen LogP contribution in [0.2, 0.25) is 5.02 Å². The molecule has 5 heteroatoms. The monoisotopic (exact) mass is 346 g/mol. The lowest BCUT2D eigenvalue weighted by Crippen LogP contribution is -2.26. The van der Waals surface area contributed by atoms with E-state index < -0.39 is 0 Å². The van der Waals surface area contributed by atoms with E-state index in [1.165, 1.54) is 4.88 Å². The van der Waals surface area contributed by atoms with E-state index >= 15 is 0 Å². The van der Waals surface area contributed by atoms with Crippen LogP contribution in [0.1, 0.15) is 34.3 Å². The number of nitrogens with one attached hydrogen (secondary N) is 1. The van der Waals surface area contributed by atoms with Crippen molar-refractivity contribution in [1.29, 1.82) is 0 Å². The summed E-state index contributed by atoms with van der Waals surface area (Å²) in [6, 6.07) is 11.9. The van der Waals surface area contributed by atoms with E-state index in [2.05, 4.69) is 22.9 Å². The van der Waals surface area contributed by atoms with E-state index in [0.29, 0.717) is 18.8 Å². The first-order valence-electron chi connectivity index (χ1n) is 7.71. The molecule has 1 aromatic carbocycles. The number of carbonyl (C=O) groups is 1. The van der Waals surface area contributed by atoms with E-state index in [0.717, 1.165) is 27.2 Å². The molecule has 23 heavy (non-hydrogen) atoms. The fourth-order valence-electron chi connectivity index (χ4n) is 2.65. The highest BCUT2D eigenvalue weighted by molar-refractivity contribution is 7.19. The Hall–Kier alpha value is -1.78. The number of nitrogens with zero attached hydrogens (tertiary/aromatic N) is 1. The van der Waals surface area contributed by atoms with Crippen LogP contribution >= 0.6 is 22.9 Å². The first kappa shape index (κ1) is 16.1. The molecule has 0 aliphatic rings. The van der Waals surface area contributed by atoms with Gasteiger partial charge in [0.1, 0.15) is 5.69 Å². The average molecular weight is 347 g/mol. The van der Waals surface area contributed by atoms with E-state index in [1.54, 1.807) is 11.3 Å². The summed E-state index contributed by atoms with van der Waals surface area (Å²) < 4.78 is 3.20. The number of halogens is 1. The minimum Gasteiger partial charge on any atom is -0.351 e. The number of aryl methyl sites for hydroxylation is 1. The highest BCUT2D eigenvalue weighted by atomic mass is 35.5. The molecule has 0 bridgehead atoms. The second-order valence-electron chi connectivity index (χ2n) is 5.57. The normalized spacial score (nSPS) is 11.1. The highest BCUT2D eigenvalue weighted by Gasteiger charge is 2.17. The molecule has 0 fully saturated rings. The van der Waals surface area contributed by atoms with Crippen LogP contribution in [0.3, 0.4) is 0 Å².